The van der Waals surface area contributed by atoms with Crippen LogP contribution in [0.3, 0.4) is 0 Å². The summed E-state index contributed by atoms with van der Waals surface area (Å²) in [4.78, 5) is 23.9. The Balaban J connectivity index is 1.36. The molecule has 4 aliphatic rings. The molecule has 2 aromatic carbocycles. The van der Waals surface area contributed by atoms with Gasteiger partial charge in [-0.1, -0.05) is 24.3 Å². The average Bonchev–Trinajstić information content (AvgIpc) is 3.35. The molecular weight excluding hydrogens is 465 g/mol. The van der Waals surface area contributed by atoms with Crippen LogP contribution in [0.15, 0.2) is 30.3 Å². The van der Waals surface area contributed by atoms with Crippen molar-refractivity contribution in [3.8, 4) is 0 Å². The molecule has 1 N–H and O–H groups in total. The predicted molar refractivity (Wildman–Crippen MR) is 146 cm³/mol. The van der Waals surface area contributed by atoms with E-state index in [1.807, 2.05) is 25.7 Å². The third-order valence-corrected chi connectivity index (χ3v) is 8.81. The Labute approximate surface area is 219 Å². The molecule has 3 saturated heterocycles. The molecule has 0 spiro atoms. The van der Waals surface area contributed by atoms with Crippen molar-refractivity contribution in [1.29, 1.82) is 0 Å². The maximum atomic E-state index is 13.3. The molecular formula is C29H38BN3O4. The second kappa shape index (κ2) is 8.21. The van der Waals surface area contributed by atoms with Crippen LogP contribution in [0.5, 0.6) is 0 Å². The van der Waals surface area contributed by atoms with Crippen molar-refractivity contribution in [2.75, 3.05) is 0 Å². The normalized spacial score (nSPS) is 26.8. The Morgan fingerprint density at radius 1 is 1.05 bits per heavy atom. The summed E-state index contributed by atoms with van der Waals surface area (Å²) in [6, 6.07) is 10.6. The number of hydrogen-bond donors (Lipinski definition) is 1. The number of carbonyl (C=O) groups is 1. The predicted octanol–water partition coefficient (Wildman–Crippen LogP) is 5.87. The van der Waals surface area contributed by atoms with E-state index >= 15 is 0 Å². The number of nitrogens with one attached hydrogen (secondary N) is 1. The van der Waals surface area contributed by atoms with Crippen molar-refractivity contribution in [2.24, 2.45) is 5.92 Å². The van der Waals surface area contributed by atoms with Crippen molar-refractivity contribution in [3.05, 3.63) is 36.2 Å². The van der Waals surface area contributed by atoms with Crippen LogP contribution in [0.4, 0.5) is 4.79 Å². The molecule has 0 radical (unpaired) electrons. The molecule has 3 aliphatic heterocycles. The zero-order valence-electron chi connectivity index (χ0n) is 23.1. The molecule has 7 nitrogen and oxygen atoms in total. The maximum Gasteiger partial charge on any atom is 0.494 e. The van der Waals surface area contributed by atoms with Crippen LogP contribution in [0.1, 0.15) is 86.0 Å². The Kier molecular flexibility index (Phi) is 5.49. The highest BCUT2D eigenvalue weighted by Gasteiger charge is 2.52. The number of fused-ring (bicyclic) bond motifs is 6. The summed E-state index contributed by atoms with van der Waals surface area (Å²) in [5.41, 5.74) is 1.63. The number of carbonyl (C=O) groups excluding carboxylic acids is 1. The molecule has 0 unspecified atom stereocenters. The lowest BCUT2D eigenvalue weighted by atomic mass is 9.74. The second-order valence-electron chi connectivity index (χ2n) is 13.1. The van der Waals surface area contributed by atoms with Gasteiger partial charge in [0.05, 0.1) is 28.3 Å². The molecule has 1 atom stereocenters. The van der Waals surface area contributed by atoms with Crippen molar-refractivity contribution in [1.82, 2.24) is 14.9 Å². The molecule has 1 aliphatic carbocycles. The van der Waals surface area contributed by atoms with Gasteiger partial charge in [0.25, 0.3) is 0 Å². The molecule has 37 heavy (non-hydrogen) atoms. The Morgan fingerprint density at radius 3 is 2.38 bits per heavy atom. The van der Waals surface area contributed by atoms with Crippen LogP contribution >= 0.6 is 0 Å². The fraction of sp³-hybridized carbons (Fsp3) is 0.586. The second-order valence-corrected chi connectivity index (χ2v) is 13.1. The van der Waals surface area contributed by atoms with E-state index in [9.17, 15) is 4.79 Å². The molecule has 1 aromatic heterocycles. The summed E-state index contributed by atoms with van der Waals surface area (Å²) in [5, 5.41) is 2.20. The fourth-order valence-corrected chi connectivity index (χ4v) is 6.19. The number of aromatic amines is 1. The number of hydrogen-bond acceptors (Lipinski definition) is 5. The van der Waals surface area contributed by atoms with Crippen LogP contribution in [-0.2, 0) is 14.0 Å². The van der Waals surface area contributed by atoms with Crippen LogP contribution in [0.2, 0.25) is 0 Å². The molecule has 4 fully saturated rings. The van der Waals surface area contributed by atoms with Gasteiger partial charge >= 0.3 is 13.2 Å². The molecule has 1 saturated carbocycles. The first-order valence-electron chi connectivity index (χ1n) is 13.6. The Morgan fingerprint density at radius 2 is 1.73 bits per heavy atom. The number of piperidine rings is 2. The standard InChI is InChI=1S/C29H38BN3O4/c1-27(2,3)35-26(34)33-20-12-8-17(9-13-20)24(33)25-31-22-15-10-18-16-19(11-14-21(18)23(22)32-25)30-36-28(4,5)29(6,7)37-30/h10-11,14-17,20,24H,8-9,12-13H2,1-7H3,(H,31,32)/t17?,20?,24-/m0/s1. The third-order valence-electron chi connectivity index (χ3n) is 8.81. The van der Waals surface area contributed by atoms with E-state index in [4.69, 9.17) is 19.0 Å². The molecule has 4 heterocycles. The fourth-order valence-electron chi connectivity index (χ4n) is 6.19. The highest BCUT2D eigenvalue weighted by Crippen LogP contribution is 2.47. The van der Waals surface area contributed by atoms with Crippen molar-refractivity contribution in [2.45, 2.75) is 103 Å². The van der Waals surface area contributed by atoms with E-state index in [1.54, 1.807) is 0 Å². The monoisotopic (exact) mass is 503 g/mol. The summed E-state index contributed by atoms with van der Waals surface area (Å²) < 4.78 is 18.4. The minimum Gasteiger partial charge on any atom is -0.444 e. The van der Waals surface area contributed by atoms with E-state index < -0.39 is 12.7 Å². The highest BCUT2D eigenvalue weighted by atomic mass is 16.7. The van der Waals surface area contributed by atoms with E-state index in [-0.39, 0.29) is 29.4 Å². The first-order valence-corrected chi connectivity index (χ1v) is 13.6. The number of amides is 1. The van der Waals surface area contributed by atoms with Gasteiger partial charge < -0.3 is 19.0 Å². The van der Waals surface area contributed by atoms with Crippen LogP contribution in [0.25, 0.3) is 21.8 Å². The lowest BCUT2D eigenvalue weighted by molar-refractivity contribution is -0.0439. The number of imidazole rings is 1. The van der Waals surface area contributed by atoms with Gasteiger partial charge in [0.2, 0.25) is 0 Å². The number of H-pyrrole nitrogens is 1. The molecule has 2 bridgehead atoms. The quantitative estimate of drug-likeness (QED) is 0.443. The lowest BCUT2D eigenvalue weighted by Gasteiger charge is -2.50. The zero-order valence-corrected chi connectivity index (χ0v) is 23.1. The largest absolute Gasteiger partial charge is 0.494 e. The van der Waals surface area contributed by atoms with E-state index in [0.717, 1.165) is 58.8 Å². The molecule has 8 heteroatoms. The van der Waals surface area contributed by atoms with E-state index in [1.165, 1.54) is 0 Å². The van der Waals surface area contributed by atoms with Gasteiger partial charge in [0.1, 0.15) is 11.4 Å². The number of ether oxygens (including phenoxy) is 1. The summed E-state index contributed by atoms with van der Waals surface area (Å²) in [7, 11) is -0.400. The number of rotatable bonds is 2. The van der Waals surface area contributed by atoms with Gasteiger partial charge in [-0.15, -0.1) is 0 Å². The SMILES string of the molecule is CC(C)(C)OC(=O)N1C2CCC(CC2)[C@H]1c1nc2ccc3cc(B4OC(C)(C)C(C)(C)O4)ccc3c2[nH]1. The summed E-state index contributed by atoms with van der Waals surface area (Å²) in [6.07, 6.45) is 4.06. The summed E-state index contributed by atoms with van der Waals surface area (Å²) in [5.74, 6) is 1.25. The summed E-state index contributed by atoms with van der Waals surface area (Å²) >= 11 is 0. The third kappa shape index (κ3) is 4.13. The van der Waals surface area contributed by atoms with Crippen molar-refractivity contribution >= 4 is 40.5 Å². The first kappa shape index (κ1) is 24.7. The Hall–Kier alpha value is -2.58. The molecule has 196 valence electrons. The molecule has 7 rings (SSSR count). The van der Waals surface area contributed by atoms with Gasteiger partial charge in [-0.05, 0) is 97.0 Å². The van der Waals surface area contributed by atoms with Crippen molar-refractivity contribution in [3.63, 3.8) is 0 Å². The first-order chi connectivity index (χ1) is 17.3. The minimum atomic E-state index is -0.530. The maximum absolute atomic E-state index is 13.3. The van der Waals surface area contributed by atoms with Gasteiger partial charge in [-0.2, -0.15) is 0 Å². The van der Waals surface area contributed by atoms with Crippen LogP contribution in [-0.4, -0.2) is 50.9 Å². The number of nitrogens with zero attached hydrogens (tertiary/aromatic N) is 2. The zero-order chi connectivity index (χ0) is 26.3. The van der Waals surface area contributed by atoms with Gasteiger partial charge in [-0.25, -0.2) is 9.78 Å². The molecule has 1 amide bonds. The van der Waals surface area contributed by atoms with Gasteiger partial charge in [-0.3, -0.25) is 4.90 Å². The van der Waals surface area contributed by atoms with Gasteiger partial charge in [0.15, 0.2) is 0 Å². The van der Waals surface area contributed by atoms with Crippen LogP contribution < -0.4 is 5.46 Å². The van der Waals surface area contributed by atoms with Gasteiger partial charge in [0, 0.05) is 11.4 Å². The van der Waals surface area contributed by atoms with E-state index in [0.29, 0.717) is 5.92 Å². The number of aromatic nitrogens is 2. The smallest absolute Gasteiger partial charge is 0.444 e. The highest BCUT2D eigenvalue weighted by molar-refractivity contribution is 6.62. The average molecular weight is 503 g/mol. The lowest BCUT2D eigenvalue weighted by Crippen LogP contribution is -2.54. The Bertz CT molecular complexity index is 1350. The molecule has 3 aromatic rings. The number of benzene rings is 2. The van der Waals surface area contributed by atoms with Crippen molar-refractivity contribution < 1.29 is 18.8 Å². The topological polar surface area (TPSA) is 76.7 Å². The van der Waals surface area contributed by atoms with E-state index in [2.05, 4.69) is 63.0 Å². The minimum absolute atomic E-state index is 0.0891. The summed E-state index contributed by atoms with van der Waals surface area (Å²) in [6.45, 7) is 14.1. The van der Waals surface area contributed by atoms with Crippen LogP contribution in [0, 0.1) is 5.92 Å².